The predicted octanol–water partition coefficient (Wildman–Crippen LogP) is 3.35. The predicted molar refractivity (Wildman–Crippen MR) is 104 cm³/mol. The molecule has 2 aromatic rings. The second-order valence-electron chi connectivity index (χ2n) is 6.37. The molecule has 2 aromatic carbocycles. The Morgan fingerprint density at radius 1 is 1.11 bits per heavy atom. The fourth-order valence-electron chi connectivity index (χ4n) is 3.02. The first-order chi connectivity index (χ1) is 13.0. The fraction of sp³-hybridized carbons (Fsp3) is 0.190. The van der Waals surface area contributed by atoms with Gasteiger partial charge in [0.25, 0.3) is 5.91 Å². The van der Waals surface area contributed by atoms with E-state index in [1.165, 1.54) is 4.90 Å². The lowest BCUT2D eigenvalue weighted by Gasteiger charge is -2.19. The maximum Gasteiger partial charge on any atom is 0.332 e. The molecule has 0 bridgehead atoms. The Bertz CT molecular complexity index is 862. The highest BCUT2D eigenvalue weighted by molar-refractivity contribution is 6.22. The number of anilines is 2. The van der Waals surface area contributed by atoms with E-state index >= 15 is 0 Å². The molecule has 1 aliphatic heterocycles. The SMILES string of the molecule is C=CCN1C(=O)N(c2ccc(C)cc2)C(=O)C1CC(=O)Nc1ccccc1. The molecule has 1 heterocycles. The summed E-state index contributed by atoms with van der Waals surface area (Å²) in [5.41, 5.74) is 2.17. The molecule has 4 amide bonds. The molecule has 3 rings (SSSR count). The minimum atomic E-state index is -0.861. The van der Waals surface area contributed by atoms with Gasteiger partial charge < -0.3 is 10.2 Å². The number of carbonyl (C=O) groups is 3. The summed E-state index contributed by atoms with van der Waals surface area (Å²) in [4.78, 5) is 40.6. The summed E-state index contributed by atoms with van der Waals surface area (Å²) in [7, 11) is 0. The molecule has 1 unspecified atom stereocenters. The van der Waals surface area contributed by atoms with Crippen LogP contribution in [0.5, 0.6) is 0 Å². The lowest BCUT2D eigenvalue weighted by Crippen LogP contribution is -2.38. The summed E-state index contributed by atoms with van der Waals surface area (Å²) in [5, 5.41) is 2.76. The summed E-state index contributed by atoms with van der Waals surface area (Å²) in [6.07, 6.45) is 1.43. The van der Waals surface area contributed by atoms with Crippen molar-refractivity contribution >= 4 is 29.2 Å². The van der Waals surface area contributed by atoms with E-state index in [1.807, 2.05) is 37.3 Å². The molecular formula is C21H21N3O3. The first kappa shape index (κ1) is 18.4. The first-order valence-electron chi connectivity index (χ1n) is 8.68. The monoisotopic (exact) mass is 363 g/mol. The van der Waals surface area contributed by atoms with Gasteiger partial charge in [-0.1, -0.05) is 42.0 Å². The minimum Gasteiger partial charge on any atom is -0.326 e. The van der Waals surface area contributed by atoms with E-state index in [0.29, 0.717) is 11.4 Å². The van der Waals surface area contributed by atoms with Crippen LogP contribution in [0.15, 0.2) is 67.3 Å². The fourth-order valence-corrected chi connectivity index (χ4v) is 3.02. The maximum absolute atomic E-state index is 12.9. The Balaban J connectivity index is 1.81. The number of carbonyl (C=O) groups excluding carboxylic acids is 3. The van der Waals surface area contributed by atoms with E-state index < -0.39 is 18.0 Å². The number of urea groups is 1. The third kappa shape index (κ3) is 3.89. The number of amides is 4. The van der Waals surface area contributed by atoms with Crippen molar-refractivity contribution in [1.29, 1.82) is 0 Å². The number of hydrogen-bond acceptors (Lipinski definition) is 3. The lowest BCUT2D eigenvalue weighted by molar-refractivity contribution is -0.124. The number of benzene rings is 2. The first-order valence-corrected chi connectivity index (χ1v) is 8.68. The van der Waals surface area contributed by atoms with Gasteiger partial charge in [-0.05, 0) is 31.2 Å². The maximum atomic E-state index is 12.9. The Morgan fingerprint density at radius 2 is 1.78 bits per heavy atom. The molecule has 1 saturated heterocycles. The molecule has 1 N–H and O–H groups in total. The zero-order valence-electron chi connectivity index (χ0n) is 15.1. The zero-order valence-corrected chi connectivity index (χ0v) is 15.1. The van der Waals surface area contributed by atoms with Crippen molar-refractivity contribution in [3.8, 4) is 0 Å². The van der Waals surface area contributed by atoms with Crippen molar-refractivity contribution < 1.29 is 14.4 Å². The second-order valence-corrected chi connectivity index (χ2v) is 6.37. The van der Waals surface area contributed by atoms with Crippen LogP contribution in [-0.4, -0.2) is 35.3 Å². The van der Waals surface area contributed by atoms with Gasteiger partial charge in [-0.15, -0.1) is 6.58 Å². The molecule has 27 heavy (non-hydrogen) atoms. The molecule has 6 heteroatoms. The highest BCUT2D eigenvalue weighted by atomic mass is 16.2. The van der Waals surface area contributed by atoms with Gasteiger partial charge in [0.15, 0.2) is 0 Å². The summed E-state index contributed by atoms with van der Waals surface area (Å²) in [6, 6.07) is 14.8. The summed E-state index contributed by atoms with van der Waals surface area (Å²) in [5.74, 6) is -0.735. The third-order valence-corrected chi connectivity index (χ3v) is 4.37. The van der Waals surface area contributed by atoms with Crippen LogP contribution in [0.3, 0.4) is 0 Å². The summed E-state index contributed by atoms with van der Waals surface area (Å²) in [6.45, 7) is 5.77. The van der Waals surface area contributed by atoms with Gasteiger partial charge in [0.05, 0.1) is 12.1 Å². The van der Waals surface area contributed by atoms with Gasteiger partial charge in [0.1, 0.15) is 6.04 Å². The summed E-state index contributed by atoms with van der Waals surface area (Å²) < 4.78 is 0. The zero-order chi connectivity index (χ0) is 19.4. The molecule has 1 atom stereocenters. The molecule has 1 fully saturated rings. The van der Waals surface area contributed by atoms with E-state index in [0.717, 1.165) is 10.5 Å². The van der Waals surface area contributed by atoms with E-state index in [-0.39, 0.29) is 18.9 Å². The average molecular weight is 363 g/mol. The van der Waals surface area contributed by atoms with Crippen LogP contribution in [0.4, 0.5) is 16.2 Å². The molecule has 138 valence electrons. The normalized spacial score (nSPS) is 16.6. The van der Waals surface area contributed by atoms with Crippen LogP contribution in [0.1, 0.15) is 12.0 Å². The van der Waals surface area contributed by atoms with E-state index in [4.69, 9.17) is 0 Å². The van der Waals surface area contributed by atoms with Crippen LogP contribution in [0, 0.1) is 6.92 Å². The quantitative estimate of drug-likeness (QED) is 0.632. The molecule has 1 aliphatic rings. The van der Waals surface area contributed by atoms with Gasteiger partial charge in [-0.2, -0.15) is 0 Å². The number of nitrogens with one attached hydrogen (secondary N) is 1. The number of hydrogen-bond donors (Lipinski definition) is 1. The number of nitrogens with zero attached hydrogens (tertiary/aromatic N) is 2. The number of rotatable bonds is 6. The van der Waals surface area contributed by atoms with Gasteiger partial charge in [0, 0.05) is 12.2 Å². The Labute approximate surface area is 158 Å². The van der Waals surface area contributed by atoms with Gasteiger partial charge >= 0.3 is 6.03 Å². The van der Waals surface area contributed by atoms with Crippen LogP contribution in [0.2, 0.25) is 0 Å². The molecule has 0 radical (unpaired) electrons. The number of aryl methyl sites for hydroxylation is 1. The largest absolute Gasteiger partial charge is 0.332 e. The molecule has 0 spiro atoms. The summed E-state index contributed by atoms with van der Waals surface area (Å²) >= 11 is 0. The standard InChI is InChI=1S/C21H21N3O3/c1-3-13-23-18(14-19(25)22-16-7-5-4-6-8-16)20(26)24(21(23)27)17-11-9-15(2)10-12-17/h3-12,18H,1,13-14H2,2H3,(H,22,25). The smallest absolute Gasteiger partial charge is 0.326 e. The van der Waals surface area contributed by atoms with Crippen molar-refractivity contribution in [3.63, 3.8) is 0 Å². The average Bonchev–Trinajstić information content (AvgIpc) is 2.88. The molecule has 0 saturated carbocycles. The van der Waals surface area contributed by atoms with Crippen LogP contribution in [-0.2, 0) is 9.59 Å². The van der Waals surface area contributed by atoms with Crippen molar-refractivity contribution in [2.75, 3.05) is 16.8 Å². The second kappa shape index (κ2) is 7.86. The topological polar surface area (TPSA) is 69.7 Å². The Kier molecular flexibility index (Phi) is 5.35. The third-order valence-electron chi connectivity index (χ3n) is 4.37. The Morgan fingerprint density at radius 3 is 2.41 bits per heavy atom. The van der Waals surface area contributed by atoms with Crippen molar-refractivity contribution in [1.82, 2.24) is 4.90 Å². The van der Waals surface area contributed by atoms with Crippen LogP contribution in [0.25, 0.3) is 0 Å². The van der Waals surface area contributed by atoms with Gasteiger partial charge in [-0.25, -0.2) is 9.69 Å². The minimum absolute atomic E-state index is 0.115. The van der Waals surface area contributed by atoms with Crippen molar-refractivity contribution in [3.05, 3.63) is 72.8 Å². The Hall–Kier alpha value is -3.41. The van der Waals surface area contributed by atoms with Crippen molar-refractivity contribution in [2.24, 2.45) is 0 Å². The lowest BCUT2D eigenvalue weighted by atomic mass is 10.1. The highest BCUT2D eigenvalue weighted by Crippen LogP contribution is 2.27. The molecule has 6 nitrogen and oxygen atoms in total. The van der Waals surface area contributed by atoms with Crippen LogP contribution >= 0.6 is 0 Å². The van der Waals surface area contributed by atoms with E-state index in [1.54, 1.807) is 30.3 Å². The molecule has 0 aromatic heterocycles. The van der Waals surface area contributed by atoms with E-state index in [2.05, 4.69) is 11.9 Å². The van der Waals surface area contributed by atoms with Crippen LogP contribution < -0.4 is 10.2 Å². The number of para-hydroxylation sites is 1. The van der Waals surface area contributed by atoms with Gasteiger partial charge in [-0.3, -0.25) is 9.59 Å². The molecule has 0 aliphatic carbocycles. The van der Waals surface area contributed by atoms with E-state index in [9.17, 15) is 14.4 Å². The molecular weight excluding hydrogens is 342 g/mol. The van der Waals surface area contributed by atoms with Gasteiger partial charge in [0.2, 0.25) is 5.91 Å². The van der Waals surface area contributed by atoms with Crippen molar-refractivity contribution in [2.45, 2.75) is 19.4 Å². The number of imide groups is 1. The highest BCUT2D eigenvalue weighted by Gasteiger charge is 2.46.